The van der Waals surface area contributed by atoms with Crippen molar-refractivity contribution in [2.24, 2.45) is 0 Å². The van der Waals surface area contributed by atoms with Crippen molar-refractivity contribution in [3.8, 4) is 0 Å². The van der Waals surface area contributed by atoms with Crippen molar-refractivity contribution in [1.82, 2.24) is 4.98 Å². The number of aromatic carboxylic acids is 1. The first kappa shape index (κ1) is 17.1. The van der Waals surface area contributed by atoms with Crippen LogP contribution in [-0.2, 0) is 16.6 Å². The number of carbonyl (C=O) groups excluding carboxylic acids is 1. The maximum absolute atomic E-state index is 13.1. The minimum Gasteiger partial charge on any atom is -0.477 e. The molecule has 0 radical (unpaired) electrons. The largest absolute Gasteiger partial charge is 0.477 e. The maximum atomic E-state index is 13.1. The van der Waals surface area contributed by atoms with E-state index in [4.69, 9.17) is 0 Å². The number of nitrogens with zero attached hydrogens (tertiary/aromatic N) is 1. The second-order valence-electron chi connectivity index (χ2n) is 6.09. The van der Waals surface area contributed by atoms with Crippen molar-refractivity contribution in [3.63, 3.8) is 0 Å². The van der Waals surface area contributed by atoms with Gasteiger partial charge in [-0.15, -0.1) is 11.3 Å². The van der Waals surface area contributed by atoms with E-state index in [1.807, 2.05) is 20.8 Å². The average molecular weight is 336 g/mol. The quantitative estimate of drug-likeness (QED) is 0.896. The van der Waals surface area contributed by atoms with E-state index in [2.05, 4.69) is 10.3 Å². The number of anilines is 1. The van der Waals surface area contributed by atoms with Gasteiger partial charge in [-0.1, -0.05) is 26.8 Å². The molecule has 23 heavy (non-hydrogen) atoms. The fraction of sp³-hybridized carbons (Fsp3) is 0.312. The van der Waals surface area contributed by atoms with Gasteiger partial charge in [-0.3, -0.25) is 4.79 Å². The van der Waals surface area contributed by atoms with Gasteiger partial charge in [-0.25, -0.2) is 14.2 Å². The first-order valence-electron chi connectivity index (χ1n) is 6.95. The highest BCUT2D eigenvalue weighted by atomic mass is 32.1. The van der Waals surface area contributed by atoms with E-state index in [0.29, 0.717) is 10.7 Å². The maximum Gasteiger partial charge on any atom is 0.347 e. The molecule has 1 amide bonds. The van der Waals surface area contributed by atoms with Crippen molar-refractivity contribution in [3.05, 3.63) is 45.7 Å². The van der Waals surface area contributed by atoms with Gasteiger partial charge in [0.1, 0.15) is 10.7 Å². The van der Waals surface area contributed by atoms with Crippen molar-refractivity contribution in [2.75, 3.05) is 5.32 Å². The molecule has 2 rings (SSSR count). The Morgan fingerprint density at radius 2 is 2.04 bits per heavy atom. The molecule has 0 fully saturated rings. The summed E-state index contributed by atoms with van der Waals surface area (Å²) in [5.41, 5.74) is 0.242. The summed E-state index contributed by atoms with van der Waals surface area (Å²) >= 11 is 1.07. The van der Waals surface area contributed by atoms with E-state index in [1.165, 1.54) is 18.2 Å². The average Bonchev–Trinajstić information content (AvgIpc) is 2.82. The topological polar surface area (TPSA) is 79.3 Å². The number of carboxylic acid groups (broad SMARTS) is 1. The lowest BCUT2D eigenvalue weighted by molar-refractivity contribution is -0.115. The number of aromatic nitrogens is 1. The van der Waals surface area contributed by atoms with Gasteiger partial charge in [0.05, 0.1) is 17.1 Å². The number of amides is 1. The molecule has 0 bridgehead atoms. The molecule has 0 saturated heterocycles. The standard InChI is InChI=1S/C16H17FN2O3S/c1-16(2,3)15-19-11(13(23-15)14(21)22)8-12(20)18-10-6-4-5-9(17)7-10/h4-7H,8H2,1-3H3,(H,18,20)(H,21,22). The fourth-order valence-electron chi connectivity index (χ4n) is 1.88. The summed E-state index contributed by atoms with van der Waals surface area (Å²) in [4.78, 5) is 27.8. The van der Waals surface area contributed by atoms with Crippen LogP contribution >= 0.6 is 11.3 Å². The third-order valence-electron chi connectivity index (χ3n) is 2.97. The smallest absolute Gasteiger partial charge is 0.347 e. The lowest BCUT2D eigenvalue weighted by atomic mass is 9.98. The highest BCUT2D eigenvalue weighted by molar-refractivity contribution is 7.13. The highest BCUT2D eigenvalue weighted by Crippen LogP contribution is 2.29. The predicted molar refractivity (Wildman–Crippen MR) is 86.5 cm³/mol. The Hall–Kier alpha value is -2.28. The van der Waals surface area contributed by atoms with Gasteiger partial charge in [0.25, 0.3) is 0 Å². The summed E-state index contributed by atoms with van der Waals surface area (Å²) in [6.07, 6.45) is -0.176. The number of carbonyl (C=O) groups is 2. The Kier molecular flexibility index (Phi) is 4.79. The normalized spacial score (nSPS) is 11.3. The Labute approximate surface area is 137 Å². The van der Waals surface area contributed by atoms with E-state index in [1.54, 1.807) is 6.07 Å². The van der Waals surface area contributed by atoms with Gasteiger partial charge in [-0.2, -0.15) is 0 Å². The Morgan fingerprint density at radius 1 is 1.35 bits per heavy atom. The predicted octanol–water partition coefficient (Wildman–Crippen LogP) is 3.46. The zero-order chi connectivity index (χ0) is 17.2. The van der Waals surface area contributed by atoms with Crippen LogP contribution in [0.4, 0.5) is 10.1 Å². The van der Waals surface area contributed by atoms with E-state index >= 15 is 0 Å². The molecule has 1 aromatic heterocycles. The van der Waals surface area contributed by atoms with Crippen LogP contribution in [0.2, 0.25) is 0 Å². The zero-order valence-electron chi connectivity index (χ0n) is 13.0. The number of halogens is 1. The molecule has 0 atom stereocenters. The molecule has 122 valence electrons. The molecule has 1 heterocycles. The third-order valence-corrected chi connectivity index (χ3v) is 4.48. The third kappa shape index (κ3) is 4.35. The molecule has 0 spiro atoms. The molecule has 2 N–H and O–H groups in total. The van der Waals surface area contributed by atoms with Gasteiger partial charge in [-0.05, 0) is 18.2 Å². The molecular formula is C16H17FN2O3S. The molecule has 0 saturated carbocycles. The summed E-state index contributed by atoms with van der Waals surface area (Å²) in [5, 5.41) is 12.5. The van der Waals surface area contributed by atoms with Crippen molar-refractivity contribution in [2.45, 2.75) is 32.6 Å². The van der Waals surface area contributed by atoms with Crippen LogP contribution in [0.3, 0.4) is 0 Å². The summed E-state index contributed by atoms with van der Waals surface area (Å²) in [6.45, 7) is 5.77. The molecule has 0 aliphatic rings. The molecule has 2 aromatic rings. The van der Waals surface area contributed by atoms with E-state index < -0.39 is 17.7 Å². The van der Waals surface area contributed by atoms with Crippen molar-refractivity contribution < 1.29 is 19.1 Å². The van der Waals surface area contributed by atoms with Crippen LogP contribution in [0.1, 0.15) is 41.1 Å². The minimum absolute atomic E-state index is 0.0596. The van der Waals surface area contributed by atoms with Gasteiger partial charge >= 0.3 is 5.97 Å². The van der Waals surface area contributed by atoms with Crippen LogP contribution in [0.5, 0.6) is 0 Å². The molecule has 7 heteroatoms. The molecule has 0 unspecified atom stereocenters. The number of hydrogen-bond acceptors (Lipinski definition) is 4. The number of benzene rings is 1. The van der Waals surface area contributed by atoms with Crippen LogP contribution in [0, 0.1) is 5.82 Å². The monoisotopic (exact) mass is 336 g/mol. The van der Waals surface area contributed by atoms with E-state index in [9.17, 15) is 19.1 Å². The fourth-order valence-corrected chi connectivity index (χ4v) is 2.86. The Bertz CT molecular complexity index is 750. The molecule has 1 aromatic carbocycles. The van der Waals surface area contributed by atoms with Gasteiger partial charge in [0, 0.05) is 11.1 Å². The highest BCUT2D eigenvalue weighted by Gasteiger charge is 2.25. The number of hydrogen-bond donors (Lipinski definition) is 2. The van der Waals surface area contributed by atoms with Crippen LogP contribution in [0.15, 0.2) is 24.3 Å². The lowest BCUT2D eigenvalue weighted by Crippen LogP contribution is -2.17. The van der Waals surface area contributed by atoms with Gasteiger partial charge < -0.3 is 10.4 Å². The first-order chi connectivity index (χ1) is 10.7. The number of thiazole rings is 1. The van der Waals surface area contributed by atoms with E-state index in [-0.39, 0.29) is 22.4 Å². The van der Waals surface area contributed by atoms with Crippen LogP contribution < -0.4 is 5.32 Å². The number of rotatable bonds is 4. The minimum atomic E-state index is -1.11. The number of nitrogens with one attached hydrogen (secondary N) is 1. The lowest BCUT2D eigenvalue weighted by Gasteiger charge is -2.13. The SMILES string of the molecule is CC(C)(C)c1nc(CC(=O)Nc2cccc(F)c2)c(C(=O)O)s1. The van der Waals surface area contributed by atoms with Crippen LogP contribution in [0.25, 0.3) is 0 Å². The first-order valence-corrected chi connectivity index (χ1v) is 7.77. The van der Waals surface area contributed by atoms with Gasteiger partial charge in [0.15, 0.2) is 0 Å². The molecule has 0 aliphatic heterocycles. The summed E-state index contributed by atoms with van der Waals surface area (Å²) < 4.78 is 13.1. The Morgan fingerprint density at radius 3 is 2.61 bits per heavy atom. The molecule has 0 aliphatic carbocycles. The summed E-state index contributed by atoms with van der Waals surface area (Å²) in [5.74, 6) is -2.01. The summed E-state index contributed by atoms with van der Waals surface area (Å²) in [6, 6.07) is 5.50. The molecular weight excluding hydrogens is 319 g/mol. The molecule has 5 nitrogen and oxygen atoms in total. The van der Waals surface area contributed by atoms with Crippen LogP contribution in [-0.4, -0.2) is 22.0 Å². The second kappa shape index (κ2) is 6.45. The van der Waals surface area contributed by atoms with Gasteiger partial charge in [0.2, 0.25) is 5.91 Å². The van der Waals surface area contributed by atoms with E-state index in [0.717, 1.165) is 11.3 Å². The van der Waals surface area contributed by atoms with Crippen molar-refractivity contribution >= 4 is 28.9 Å². The summed E-state index contributed by atoms with van der Waals surface area (Å²) in [7, 11) is 0. The number of carboxylic acids is 1. The second-order valence-corrected chi connectivity index (χ2v) is 7.08. The Balaban J connectivity index is 2.20. The zero-order valence-corrected chi connectivity index (χ0v) is 13.8. The van der Waals surface area contributed by atoms with Crippen molar-refractivity contribution in [1.29, 1.82) is 0 Å².